The fourth-order valence-corrected chi connectivity index (χ4v) is 4.17. The predicted octanol–water partition coefficient (Wildman–Crippen LogP) is 2.51. The molecule has 0 radical (unpaired) electrons. The monoisotopic (exact) mass is 379 g/mol. The molecule has 0 unspecified atom stereocenters. The van der Waals surface area contributed by atoms with Crippen LogP contribution in [-0.2, 0) is 23.0 Å². The second-order valence-corrected chi connectivity index (χ2v) is 7.77. The fourth-order valence-electron chi connectivity index (χ4n) is 2.71. The van der Waals surface area contributed by atoms with E-state index in [0.717, 1.165) is 5.56 Å². The van der Waals surface area contributed by atoms with Gasteiger partial charge in [-0.3, -0.25) is 4.79 Å². The molecule has 0 saturated heterocycles. The van der Waals surface area contributed by atoms with Crippen LogP contribution in [0, 0.1) is 6.92 Å². The Morgan fingerprint density at radius 2 is 1.77 bits per heavy atom. The molecule has 0 bridgehead atoms. The summed E-state index contributed by atoms with van der Waals surface area (Å²) in [5.41, 5.74) is 1.90. The number of hydrogen-bond acceptors (Lipinski definition) is 5. The van der Waals surface area contributed by atoms with Crippen LogP contribution >= 0.6 is 0 Å². The third-order valence-corrected chi connectivity index (χ3v) is 6.28. The van der Waals surface area contributed by atoms with E-state index >= 15 is 0 Å². The van der Waals surface area contributed by atoms with Gasteiger partial charge >= 0.3 is 0 Å². The second-order valence-electron chi connectivity index (χ2n) is 5.83. The van der Waals surface area contributed by atoms with Gasteiger partial charge in [-0.25, -0.2) is 8.42 Å². The molecule has 1 N–H and O–H groups in total. The number of amides is 1. The van der Waals surface area contributed by atoms with Gasteiger partial charge in [0.15, 0.2) is 0 Å². The topological polar surface area (TPSA) is 92.5 Å². The maximum atomic E-state index is 12.5. The summed E-state index contributed by atoms with van der Waals surface area (Å²) in [6.07, 6.45) is 0.609. The van der Waals surface area contributed by atoms with E-state index in [-0.39, 0.29) is 17.3 Å². The Kier molecular flexibility index (Phi) is 6.55. The summed E-state index contributed by atoms with van der Waals surface area (Å²) >= 11 is 0. The van der Waals surface area contributed by atoms with Crippen molar-refractivity contribution in [3.8, 4) is 0 Å². The third-order valence-electron chi connectivity index (χ3n) is 4.21. The summed E-state index contributed by atoms with van der Waals surface area (Å²) in [5, 5.41) is 6.70. The van der Waals surface area contributed by atoms with Crippen LogP contribution in [0.5, 0.6) is 0 Å². The zero-order valence-corrected chi connectivity index (χ0v) is 16.4. The molecule has 0 atom stereocenters. The molecule has 0 fully saturated rings. The van der Waals surface area contributed by atoms with E-state index in [0.29, 0.717) is 36.5 Å². The lowest BCUT2D eigenvalue weighted by Crippen LogP contribution is -2.30. The number of aryl methyl sites for hydroxylation is 2. The number of benzene rings is 1. The van der Waals surface area contributed by atoms with Crippen molar-refractivity contribution in [2.45, 2.75) is 45.6 Å². The molecule has 26 heavy (non-hydrogen) atoms. The minimum absolute atomic E-state index is 0.249. The summed E-state index contributed by atoms with van der Waals surface area (Å²) in [6.45, 7) is 8.36. The molecule has 0 aliphatic heterocycles. The summed E-state index contributed by atoms with van der Waals surface area (Å²) in [7, 11) is -3.47. The van der Waals surface area contributed by atoms with Gasteiger partial charge in [-0.15, -0.1) is 0 Å². The number of carbonyl (C=O) groups is 1. The molecule has 0 spiro atoms. The lowest BCUT2D eigenvalue weighted by atomic mass is 10.1. The highest BCUT2D eigenvalue weighted by molar-refractivity contribution is 7.89. The van der Waals surface area contributed by atoms with Crippen LogP contribution in [0.3, 0.4) is 0 Å². The molecule has 2 rings (SSSR count). The molecule has 8 heteroatoms. The Bertz CT molecular complexity index is 853. The molecule has 0 saturated carbocycles. The highest BCUT2D eigenvalue weighted by Crippen LogP contribution is 2.17. The first-order valence-electron chi connectivity index (χ1n) is 8.67. The van der Waals surface area contributed by atoms with Crippen LogP contribution in [0.2, 0.25) is 0 Å². The molecule has 7 nitrogen and oxygen atoms in total. The van der Waals surface area contributed by atoms with Crippen LogP contribution in [0.25, 0.3) is 0 Å². The number of nitrogens with zero attached hydrogens (tertiary/aromatic N) is 2. The van der Waals surface area contributed by atoms with Gasteiger partial charge in [-0.2, -0.15) is 4.31 Å². The van der Waals surface area contributed by atoms with Gasteiger partial charge in [-0.1, -0.05) is 38.1 Å². The molecule has 1 heterocycles. The zero-order chi connectivity index (χ0) is 19.3. The van der Waals surface area contributed by atoms with Gasteiger partial charge in [-0.05, 0) is 31.0 Å². The Balaban J connectivity index is 2.08. The molecule has 1 amide bonds. The molecule has 142 valence electrons. The number of aromatic nitrogens is 1. The molecular weight excluding hydrogens is 354 g/mol. The molecule has 0 aliphatic rings. The fraction of sp³-hybridized carbons (Fsp3) is 0.444. The highest BCUT2D eigenvalue weighted by atomic mass is 32.2. The Hall–Kier alpha value is -2.19. The average Bonchev–Trinajstić information content (AvgIpc) is 3.01. The van der Waals surface area contributed by atoms with Crippen LogP contribution in [-0.4, -0.2) is 36.9 Å². The predicted molar refractivity (Wildman–Crippen MR) is 98.3 cm³/mol. The van der Waals surface area contributed by atoms with Crippen LogP contribution in [0.4, 0.5) is 0 Å². The number of hydrogen-bond donors (Lipinski definition) is 1. The van der Waals surface area contributed by atoms with Crippen molar-refractivity contribution in [2.75, 3.05) is 13.1 Å². The van der Waals surface area contributed by atoms with Crippen LogP contribution in [0.15, 0.2) is 33.7 Å². The lowest BCUT2D eigenvalue weighted by molar-refractivity contribution is 0.0948. The molecular formula is C18H25N3O4S. The Labute approximate surface area is 154 Å². The van der Waals surface area contributed by atoms with Crippen molar-refractivity contribution >= 4 is 15.9 Å². The Morgan fingerprint density at radius 3 is 2.31 bits per heavy atom. The van der Waals surface area contributed by atoms with E-state index in [4.69, 9.17) is 4.52 Å². The molecule has 1 aromatic heterocycles. The number of rotatable bonds is 8. The van der Waals surface area contributed by atoms with Gasteiger partial charge in [0.05, 0.1) is 10.6 Å². The lowest BCUT2D eigenvalue weighted by Gasteiger charge is -2.18. The number of nitrogens with one attached hydrogen (secondary N) is 1. The van der Waals surface area contributed by atoms with Gasteiger partial charge in [0.2, 0.25) is 10.0 Å². The maximum absolute atomic E-state index is 12.5. The minimum atomic E-state index is -3.47. The quantitative estimate of drug-likeness (QED) is 0.761. The first-order valence-corrected chi connectivity index (χ1v) is 10.1. The van der Waals surface area contributed by atoms with E-state index in [1.54, 1.807) is 31.2 Å². The van der Waals surface area contributed by atoms with E-state index in [9.17, 15) is 13.2 Å². The average molecular weight is 379 g/mol. The molecule has 1 aromatic carbocycles. The summed E-state index contributed by atoms with van der Waals surface area (Å²) < 4.78 is 31.4. The molecule has 0 aliphatic carbocycles. The van der Waals surface area contributed by atoms with E-state index in [2.05, 4.69) is 10.5 Å². The van der Waals surface area contributed by atoms with Gasteiger partial charge in [0.1, 0.15) is 11.3 Å². The first kappa shape index (κ1) is 20.1. The first-order chi connectivity index (χ1) is 12.3. The third kappa shape index (κ3) is 4.13. The van der Waals surface area contributed by atoms with Crippen molar-refractivity contribution in [3.05, 3.63) is 46.8 Å². The van der Waals surface area contributed by atoms with Crippen molar-refractivity contribution in [3.63, 3.8) is 0 Å². The summed E-state index contributed by atoms with van der Waals surface area (Å²) in [5.74, 6) is 0.237. The van der Waals surface area contributed by atoms with Gasteiger partial charge in [0.25, 0.3) is 5.91 Å². The maximum Gasteiger partial charge on any atom is 0.257 e. The van der Waals surface area contributed by atoms with Crippen molar-refractivity contribution in [1.82, 2.24) is 14.8 Å². The van der Waals surface area contributed by atoms with Gasteiger partial charge < -0.3 is 9.84 Å². The summed E-state index contributed by atoms with van der Waals surface area (Å²) in [4.78, 5) is 12.6. The van der Waals surface area contributed by atoms with Crippen LogP contribution in [0.1, 0.15) is 48.1 Å². The second kappa shape index (κ2) is 8.46. The van der Waals surface area contributed by atoms with E-state index in [1.165, 1.54) is 4.31 Å². The smallest absolute Gasteiger partial charge is 0.257 e. The summed E-state index contributed by atoms with van der Waals surface area (Å²) in [6, 6.07) is 6.55. The van der Waals surface area contributed by atoms with E-state index < -0.39 is 10.0 Å². The zero-order valence-electron chi connectivity index (χ0n) is 15.6. The minimum Gasteiger partial charge on any atom is -0.361 e. The number of carbonyl (C=O) groups excluding carboxylic acids is 1. The van der Waals surface area contributed by atoms with Crippen LogP contribution < -0.4 is 5.32 Å². The van der Waals surface area contributed by atoms with Crippen molar-refractivity contribution < 1.29 is 17.7 Å². The highest BCUT2D eigenvalue weighted by Gasteiger charge is 2.21. The van der Waals surface area contributed by atoms with Crippen molar-refractivity contribution in [1.29, 1.82) is 0 Å². The van der Waals surface area contributed by atoms with E-state index in [1.807, 2.05) is 20.8 Å². The van der Waals surface area contributed by atoms with Crippen molar-refractivity contribution in [2.24, 2.45) is 0 Å². The standard InChI is InChI=1S/C18H25N3O4S/c1-5-16-17(13(4)25-20-16)18(22)19-12-14-8-10-15(11-9-14)26(23,24)21(6-2)7-3/h8-11H,5-7,12H2,1-4H3,(H,19,22). The SMILES string of the molecule is CCc1noc(C)c1C(=O)NCc1ccc(S(=O)(=O)N(CC)CC)cc1. The number of sulfonamides is 1. The Morgan fingerprint density at radius 1 is 1.15 bits per heavy atom. The molecule has 2 aromatic rings. The normalized spacial score (nSPS) is 11.7. The van der Waals surface area contributed by atoms with Gasteiger partial charge in [0, 0.05) is 19.6 Å². The largest absolute Gasteiger partial charge is 0.361 e.